The van der Waals surface area contributed by atoms with Crippen LogP contribution in [-0.2, 0) is 6.42 Å². The summed E-state index contributed by atoms with van der Waals surface area (Å²) in [5.41, 5.74) is 3.05. The van der Waals surface area contributed by atoms with Crippen LogP contribution in [0.15, 0.2) is 48.7 Å². The zero-order valence-electron chi connectivity index (χ0n) is 17.0. The molecule has 0 spiro atoms. The summed E-state index contributed by atoms with van der Waals surface area (Å²) < 4.78 is 16.4. The Morgan fingerprint density at radius 2 is 1.72 bits per heavy atom. The lowest BCUT2D eigenvalue weighted by Gasteiger charge is -2.12. The Balaban J connectivity index is 1.90. The molecule has 0 bridgehead atoms. The van der Waals surface area contributed by atoms with Gasteiger partial charge in [0.05, 0.1) is 31.6 Å². The van der Waals surface area contributed by atoms with Crippen molar-refractivity contribution < 1.29 is 14.2 Å². The van der Waals surface area contributed by atoms with E-state index in [0.29, 0.717) is 23.6 Å². The van der Waals surface area contributed by atoms with Crippen molar-refractivity contribution in [2.24, 2.45) is 0 Å². The fourth-order valence-electron chi connectivity index (χ4n) is 2.93. The minimum Gasteiger partial charge on any atom is -0.497 e. The van der Waals surface area contributed by atoms with E-state index < -0.39 is 0 Å². The number of ether oxygens (including phenoxy) is 3. The Kier molecular flexibility index (Phi) is 6.30. The average molecular weight is 389 g/mol. The van der Waals surface area contributed by atoms with Crippen LogP contribution in [-0.4, -0.2) is 30.3 Å². The molecule has 0 aliphatic heterocycles. The van der Waals surface area contributed by atoms with Crippen molar-refractivity contribution in [1.82, 2.24) is 9.97 Å². The number of hydrogen-bond acceptors (Lipinski definition) is 6. The summed E-state index contributed by atoms with van der Waals surface area (Å²) in [6.45, 7) is 3.86. The molecule has 0 aliphatic rings. The molecule has 0 unspecified atom stereocenters. The minimum atomic E-state index is -0.00143. The highest BCUT2D eigenvalue weighted by Crippen LogP contribution is 2.27. The van der Waals surface area contributed by atoms with E-state index in [9.17, 15) is 5.26 Å². The van der Waals surface area contributed by atoms with Crippen LogP contribution in [0.5, 0.6) is 17.2 Å². The Morgan fingerprint density at radius 3 is 2.34 bits per heavy atom. The van der Waals surface area contributed by atoms with E-state index in [1.54, 1.807) is 26.5 Å². The highest BCUT2D eigenvalue weighted by molar-refractivity contribution is 5.64. The molecule has 0 saturated carbocycles. The number of aromatic nitrogens is 2. The van der Waals surface area contributed by atoms with Crippen LogP contribution in [0, 0.1) is 11.3 Å². The number of benzene rings is 2. The molecule has 6 nitrogen and oxygen atoms in total. The van der Waals surface area contributed by atoms with Gasteiger partial charge in [-0.15, -0.1) is 0 Å². The van der Waals surface area contributed by atoms with Crippen molar-refractivity contribution >= 4 is 0 Å². The maximum atomic E-state index is 9.46. The van der Waals surface area contributed by atoms with Crippen molar-refractivity contribution in [2.45, 2.75) is 26.4 Å². The van der Waals surface area contributed by atoms with E-state index in [1.807, 2.05) is 50.2 Å². The second kappa shape index (κ2) is 9.07. The maximum Gasteiger partial charge on any atom is 0.137 e. The van der Waals surface area contributed by atoms with Crippen LogP contribution in [0.4, 0.5) is 0 Å². The Hall–Kier alpha value is -3.59. The predicted octanol–water partition coefficient (Wildman–Crippen LogP) is 4.41. The van der Waals surface area contributed by atoms with E-state index >= 15 is 0 Å². The van der Waals surface area contributed by atoms with E-state index in [-0.39, 0.29) is 6.10 Å². The van der Waals surface area contributed by atoms with Gasteiger partial charge in [0.1, 0.15) is 29.1 Å². The third kappa shape index (κ3) is 5.02. The third-order valence-electron chi connectivity index (χ3n) is 4.24. The Bertz CT molecular complexity index is 1020. The molecular formula is C23H23N3O3. The second-order valence-corrected chi connectivity index (χ2v) is 6.75. The maximum absolute atomic E-state index is 9.46. The molecule has 148 valence electrons. The molecule has 0 amide bonds. The van der Waals surface area contributed by atoms with Gasteiger partial charge >= 0.3 is 0 Å². The van der Waals surface area contributed by atoms with Gasteiger partial charge < -0.3 is 14.2 Å². The highest BCUT2D eigenvalue weighted by atomic mass is 16.5. The zero-order valence-corrected chi connectivity index (χ0v) is 17.0. The van der Waals surface area contributed by atoms with E-state index in [4.69, 9.17) is 14.2 Å². The fourth-order valence-corrected chi connectivity index (χ4v) is 2.93. The first-order valence-corrected chi connectivity index (χ1v) is 9.27. The first-order chi connectivity index (χ1) is 14.0. The largest absolute Gasteiger partial charge is 0.497 e. The van der Waals surface area contributed by atoms with Crippen LogP contribution in [0.1, 0.15) is 30.8 Å². The molecule has 3 aromatic rings. The topological polar surface area (TPSA) is 77.3 Å². The summed E-state index contributed by atoms with van der Waals surface area (Å²) >= 11 is 0. The highest BCUT2D eigenvalue weighted by Gasteiger charge is 2.10. The van der Waals surface area contributed by atoms with Crippen molar-refractivity contribution in [3.63, 3.8) is 0 Å². The average Bonchev–Trinajstić information content (AvgIpc) is 2.73. The quantitative estimate of drug-likeness (QED) is 0.596. The van der Waals surface area contributed by atoms with Gasteiger partial charge in [0.25, 0.3) is 0 Å². The van der Waals surface area contributed by atoms with Gasteiger partial charge in [0, 0.05) is 24.2 Å². The van der Waals surface area contributed by atoms with Crippen LogP contribution in [0.3, 0.4) is 0 Å². The van der Waals surface area contributed by atoms with Crippen molar-refractivity contribution in [3.8, 4) is 34.6 Å². The van der Waals surface area contributed by atoms with Crippen molar-refractivity contribution in [1.29, 1.82) is 5.26 Å². The van der Waals surface area contributed by atoms with Crippen LogP contribution in [0.25, 0.3) is 11.3 Å². The zero-order chi connectivity index (χ0) is 20.8. The number of methoxy groups -OCH3 is 2. The molecule has 0 saturated heterocycles. The van der Waals surface area contributed by atoms with Gasteiger partial charge in [0.2, 0.25) is 0 Å². The van der Waals surface area contributed by atoms with Gasteiger partial charge in [-0.1, -0.05) is 0 Å². The van der Waals surface area contributed by atoms with E-state index in [2.05, 4.69) is 16.0 Å². The fraction of sp³-hybridized carbons (Fsp3) is 0.261. The van der Waals surface area contributed by atoms with Gasteiger partial charge in [-0.2, -0.15) is 5.26 Å². The standard InChI is InChI=1S/C23H23N3O3/c1-15(2)29-22-6-5-17(12-18(22)14-24)21-7-8-25-23(26-21)11-16-9-19(27-3)13-20(10-16)28-4/h5-10,12-13,15H,11H2,1-4H3. The van der Waals surface area contributed by atoms with Crippen molar-refractivity contribution in [3.05, 3.63) is 65.6 Å². The molecule has 0 aliphatic carbocycles. The number of nitriles is 1. The molecular weight excluding hydrogens is 366 g/mol. The Morgan fingerprint density at radius 1 is 1.00 bits per heavy atom. The normalized spacial score (nSPS) is 10.5. The molecule has 0 atom stereocenters. The molecule has 1 heterocycles. The first-order valence-electron chi connectivity index (χ1n) is 9.27. The Labute approximate surface area is 170 Å². The monoisotopic (exact) mass is 389 g/mol. The molecule has 2 aromatic carbocycles. The van der Waals surface area contributed by atoms with Gasteiger partial charge in [-0.25, -0.2) is 9.97 Å². The lowest BCUT2D eigenvalue weighted by Crippen LogP contribution is -2.06. The molecule has 3 rings (SSSR count). The van der Waals surface area contributed by atoms with Crippen molar-refractivity contribution in [2.75, 3.05) is 14.2 Å². The third-order valence-corrected chi connectivity index (χ3v) is 4.24. The molecule has 0 radical (unpaired) electrons. The summed E-state index contributed by atoms with van der Waals surface area (Å²) in [6, 6.07) is 15.2. The molecule has 0 N–H and O–H groups in total. The van der Waals surface area contributed by atoms with Crippen LogP contribution < -0.4 is 14.2 Å². The van der Waals surface area contributed by atoms with Crippen LogP contribution >= 0.6 is 0 Å². The summed E-state index contributed by atoms with van der Waals surface area (Å²) in [7, 11) is 3.24. The first kappa shape index (κ1) is 20.2. The summed E-state index contributed by atoms with van der Waals surface area (Å²) in [5.74, 6) is 2.67. The number of rotatable bonds is 7. The summed E-state index contributed by atoms with van der Waals surface area (Å²) in [6.07, 6.45) is 2.25. The summed E-state index contributed by atoms with van der Waals surface area (Å²) in [5, 5.41) is 9.46. The minimum absolute atomic E-state index is 0.00143. The SMILES string of the molecule is COc1cc(Cc2nccc(-c3ccc(OC(C)C)c(C#N)c3)n2)cc(OC)c1. The molecule has 29 heavy (non-hydrogen) atoms. The lowest BCUT2D eigenvalue weighted by atomic mass is 10.1. The predicted molar refractivity (Wildman–Crippen MR) is 110 cm³/mol. The smallest absolute Gasteiger partial charge is 0.137 e. The van der Waals surface area contributed by atoms with Gasteiger partial charge in [-0.3, -0.25) is 0 Å². The van der Waals surface area contributed by atoms with E-state index in [1.165, 1.54) is 0 Å². The molecule has 0 fully saturated rings. The molecule has 1 aromatic heterocycles. The summed E-state index contributed by atoms with van der Waals surface area (Å²) in [4.78, 5) is 9.06. The van der Waals surface area contributed by atoms with Crippen LogP contribution in [0.2, 0.25) is 0 Å². The van der Waals surface area contributed by atoms with E-state index in [0.717, 1.165) is 28.3 Å². The second-order valence-electron chi connectivity index (χ2n) is 6.75. The lowest BCUT2D eigenvalue weighted by molar-refractivity contribution is 0.242. The molecule has 6 heteroatoms. The number of hydrogen-bond donors (Lipinski definition) is 0. The number of nitrogens with zero attached hydrogens (tertiary/aromatic N) is 3. The van der Waals surface area contributed by atoms with Gasteiger partial charge in [-0.05, 0) is 55.8 Å². The van der Waals surface area contributed by atoms with Gasteiger partial charge in [0.15, 0.2) is 0 Å².